The molecule has 0 saturated carbocycles. The van der Waals surface area contributed by atoms with Crippen molar-refractivity contribution in [2.75, 3.05) is 7.11 Å². The van der Waals surface area contributed by atoms with Crippen molar-refractivity contribution in [3.8, 4) is 62.5 Å². The normalized spacial score (nSPS) is 15.0. The zero-order chi connectivity index (χ0) is 54.7. The van der Waals surface area contributed by atoms with E-state index >= 15 is 9.13 Å². The molecule has 0 saturated heterocycles. The van der Waals surface area contributed by atoms with Crippen LogP contribution in [0.15, 0.2) is 247 Å². The Hall–Kier alpha value is -8.06. The van der Waals surface area contributed by atoms with Crippen molar-refractivity contribution in [1.82, 2.24) is 0 Å². The first kappa shape index (κ1) is 53.3. The Balaban J connectivity index is 0.821. The summed E-state index contributed by atoms with van der Waals surface area (Å²) in [6.45, 7) is 1.84. The summed E-state index contributed by atoms with van der Waals surface area (Å²) in [6.07, 6.45) is 3.87. The lowest BCUT2D eigenvalue weighted by atomic mass is 10.1. The molecule has 2 N–H and O–H groups in total. The predicted molar refractivity (Wildman–Crippen MR) is 308 cm³/mol. The summed E-state index contributed by atoms with van der Waals surface area (Å²) in [4.78, 5) is -0.647. The molecule has 0 radical (unpaired) electrons. The first-order valence-electron chi connectivity index (χ1n) is 24.5. The first-order valence-corrected chi connectivity index (χ1v) is 30.8. The highest BCUT2D eigenvalue weighted by atomic mass is 32.2. The van der Waals surface area contributed by atoms with Crippen molar-refractivity contribution < 1.29 is 54.0 Å². The number of hydrogen-bond donors (Lipinski definition) is 2. The Labute approximate surface area is 453 Å². The summed E-state index contributed by atoms with van der Waals surface area (Å²) < 4.78 is 125. The molecule has 10 rings (SSSR count). The maximum absolute atomic E-state index is 15.3. The Morgan fingerprint density at radius 2 is 0.833 bits per heavy atom. The van der Waals surface area contributed by atoms with Gasteiger partial charge >= 0.3 is 0 Å². The van der Waals surface area contributed by atoms with E-state index in [1.165, 1.54) is 30.4 Å². The highest BCUT2D eigenvalue weighted by Crippen LogP contribution is 2.55. The van der Waals surface area contributed by atoms with Gasteiger partial charge in [0.2, 0.25) is 0 Å². The van der Waals surface area contributed by atoms with Crippen LogP contribution in [0.1, 0.15) is 12.0 Å². The molecule has 0 heterocycles. The molecule has 12 nitrogen and oxygen atoms in total. The van der Waals surface area contributed by atoms with Crippen molar-refractivity contribution >= 4 is 61.0 Å². The van der Waals surface area contributed by atoms with Crippen molar-refractivity contribution in [3.63, 3.8) is 0 Å². The van der Waals surface area contributed by atoms with Gasteiger partial charge in [0, 0.05) is 26.5 Å². The molecule has 16 heteroatoms. The zero-order valence-corrected chi connectivity index (χ0v) is 45.4. The average molecular weight is 1110 g/mol. The summed E-state index contributed by atoms with van der Waals surface area (Å²) in [7, 11) is -15.2. The maximum atomic E-state index is 15.3. The zero-order valence-electron chi connectivity index (χ0n) is 42.0. The van der Waals surface area contributed by atoms with Gasteiger partial charge < -0.3 is 28.1 Å². The first-order chi connectivity index (χ1) is 37.5. The van der Waals surface area contributed by atoms with E-state index in [9.17, 15) is 25.9 Å². The minimum atomic E-state index is -4.96. The van der Waals surface area contributed by atoms with E-state index < -0.39 is 44.7 Å². The van der Waals surface area contributed by atoms with Crippen LogP contribution in [-0.4, -0.2) is 38.3 Å². The molecule has 0 aromatic heterocycles. The highest BCUT2D eigenvalue weighted by Gasteiger charge is 2.38. The molecule has 0 bridgehead atoms. The van der Waals surface area contributed by atoms with Gasteiger partial charge in [-0.1, -0.05) is 127 Å². The van der Waals surface area contributed by atoms with E-state index in [1.54, 1.807) is 67.8 Å². The minimum absolute atomic E-state index is 0.00482. The van der Waals surface area contributed by atoms with Crippen molar-refractivity contribution in [3.05, 3.63) is 247 Å². The molecule has 0 spiro atoms. The molecule has 9 aromatic carbocycles. The fourth-order valence-electron chi connectivity index (χ4n) is 9.15. The lowest BCUT2D eigenvalue weighted by Crippen LogP contribution is -2.25. The van der Waals surface area contributed by atoms with E-state index in [1.807, 2.05) is 146 Å². The van der Waals surface area contributed by atoms with Crippen LogP contribution in [-0.2, 0) is 29.4 Å². The van der Waals surface area contributed by atoms with Crippen molar-refractivity contribution in [2.24, 2.45) is 0 Å². The van der Waals surface area contributed by atoms with E-state index in [4.69, 9.17) is 18.9 Å². The monoisotopic (exact) mass is 1110 g/mol. The number of ether oxygens (including phenoxy) is 4. The van der Waals surface area contributed by atoms with Crippen LogP contribution in [0, 0.1) is 6.92 Å². The summed E-state index contributed by atoms with van der Waals surface area (Å²) in [5.74, 6) is 3.17. The minimum Gasteiger partial charge on any atom is -0.497 e. The van der Waals surface area contributed by atoms with Gasteiger partial charge in [-0.15, -0.1) is 0 Å². The molecule has 3 unspecified atom stereocenters. The van der Waals surface area contributed by atoms with Gasteiger partial charge in [0.05, 0.1) is 7.11 Å². The van der Waals surface area contributed by atoms with Crippen LogP contribution < -0.4 is 45.5 Å². The van der Waals surface area contributed by atoms with Crippen LogP contribution in [0.2, 0.25) is 0 Å². The molecule has 9 aromatic rings. The second kappa shape index (κ2) is 22.1. The molecule has 1 aliphatic carbocycles. The quantitative estimate of drug-likeness (QED) is 0.0652. The summed E-state index contributed by atoms with van der Waals surface area (Å²) >= 11 is 0. The molecule has 0 amide bonds. The third kappa shape index (κ3) is 11.5. The van der Waals surface area contributed by atoms with Gasteiger partial charge in [-0.3, -0.25) is 9.11 Å². The van der Waals surface area contributed by atoms with Crippen LogP contribution in [0.5, 0.6) is 40.2 Å². The van der Waals surface area contributed by atoms with E-state index in [0.717, 1.165) is 39.6 Å². The molecule has 78 heavy (non-hydrogen) atoms. The number of methoxy groups -OCH3 is 1. The third-order valence-corrected chi connectivity index (χ3v) is 21.5. The van der Waals surface area contributed by atoms with E-state index in [-0.39, 0.29) is 28.5 Å². The van der Waals surface area contributed by atoms with Gasteiger partial charge in [0.15, 0.2) is 14.3 Å². The molecule has 3 atom stereocenters. The lowest BCUT2D eigenvalue weighted by molar-refractivity contribution is 0.415. The largest absolute Gasteiger partial charge is 0.497 e. The van der Waals surface area contributed by atoms with Crippen molar-refractivity contribution in [1.29, 1.82) is 0 Å². The SMILES string of the molecule is COc1ccc(-c2ccc(Oc3ccc(P(=O)(c4ccccc4)c4ccc(Oc5ccc(-c6ccc(Oc7ccc(P(=O)(C8=CC=CC(S(=O)(=O)O)C8)c8ccc(C)cc8)cc7S(=O)(=O)O)cc6)cc5)cc4)cc3)cc2)cc1. The molecule has 0 aliphatic heterocycles. The third-order valence-electron chi connectivity index (χ3n) is 13.3. The van der Waals surface area contributed by atoms with Crippen LogP contribution >= 0.6 is 14.3 Å². The number of hydrogen-bond acceptors (Lipinski definition) is 10. The van der Waals surface area contributed by atoms with Crippen LogP contribution in [0.25, 0.3) is 22.3 Å². The highest BCUT2D eigenvalue weighted by molar-refractivity contribution is 7.87. The Morgan fingerprint density at radius 3 is 1.27 bits per heavy atom. The van der Waals surface area contributed by atoms with Crippen LogP contribution in [0.3, 0.4) is 0 Å². The molecule has 392 valence electrons. The van der Waals surface area contributed by atoms with Crippen LogP contribution in [0.4, 0.5) is 0 Å². The number of rotatable bonds is 17. The molecular formula is C62H50O12P2S2. The number of benzene rings is 9. The lowest BCUT2D eigenvalue weighted by Gasteiger charge is -2.26. The second-order valence-corrected chi connectivity index (χ2v) is 27.0. The van der Waals surface area contributed by atoms with E-state index in [2.05, 4.69) is 0 Å². The number of allylic oxidation sites excluding steroid dienone is 3. The fraction of sp³-hybridized carbons (Fsp3) is 0.0645. The Bertz CT molecular complexity index is 4020. The van der Waals surface area contributed by atoms with Gasteiger partial charge in [0.25, 0.3) is 20.2 Å². The average Bonchev–Trinajstić information content (AvgIpc) is 3.47. The van der Waals surface area contributed by atoms with Gasteiger partial charge in [-0.25, -0.2) is 0 Å². The number of aryl methyl sites for hydroxylation is 1. The Kier molecular flexibility index (Phi) is 15.1. The van der Waals surface area contributed by atoms with Gasteiger partial charge in [-0.2, -0.15) is 16.8 Å². The maximum Gasteiger partial charge on any atom is 0.298 e. The van der Waals surface area contributed by atoms with Gasteiger partial charge in [-0.05, 0) is 156 Å². The Morgan fingerprint density at radius 1 is 0.449 bits per heavy atom. The molecule has 0 fully saturated rings. The standard InChI is InChI=1S/C62H50O12P2S2/c1-43-11-33-55(34-12-43)76(64,58-9-6-10-60(41-58)77(65,66)67)59-39-40-61(62(42-59)78(68,69)70)74-53-27-19-47(20-28-53)46-17-25-50(26-18-46)73-52-31-37-57(38-32-52)75(63,54-7-4-3-5-8-54)56-35-29-51(30-36-56)72-49-23-15-45(16-24-49)44-13-21-48(71-2)22-14-44/h3-40,42,60H,41H2,1-2H3,(H,65,66,67)(H,68,69,70). The molecule has 1 aliphatic rings. The smallest absolute Gasteiger partial charge is 0.298 e. The van der Waals surface area contributed by atoms with Crippen molar-refractivity contribution in [2.45, 2.75) is 23.5 Å². The van der Waals surface area contributed by atoms with E-state index in [0.29, 0.717) is 44.2 Å². The summed E-state index contributed by atoms with van der Waals surface area (Å²) in [5.41, 5.74) is 4.61. The fourth-order valence-corrected chi connectivity index (χ4v) is 16.2. The second-order valence-electron chi connectivity index (χ2n) is 18.4. The predicted octanol–water partition coefficient (Wildman–Crippen LogP) is 13.0. The topological polar surface area (TPSA) is 180 Å². The van der Waals surface area contributed by atoms with Gasteiger partial charge in [0.1, 0.15) is 50.4 Å². The molecular weight excluding hydrogens is 1060 g/mol. The summed E-state index contributed by atoms with van der Waals surface area (Å²) in [5, 5.41) is 1.06. The summed E-state index contributed by atoms with van der Waals surface area (Å²) in [6, 6.07) is 64.4.